The van der Waals surface area contributed by atoms with Gasteiger partial charge in [0.15, 0.2) is 0 Å². The molecule has 2 aromatic carbocycles. The molecule has 3 nitrogen and oxygen atoms in total. The van der Waals surface area contributed by atoms with E-state index in [9.17, 15) is 4.39 Å². The molecular formula is C15H15FN2O. The van der Waals surface area contributed by atoms with Crippen molar-refractivity contribution in [3.05, 3.63) is 65.5 Å². The Kier molecular flexibility index (Phi) is 3.19. The van der Waals surface area contributed by atoms with Crippen molar-refractivity contribution < 1.29 is 9.13 Å². The molecule has 98 valence electrons. The molecule has 2 aromatic rings. The Hall–Kier alpha value is -1.91. The van der Waals surface area contributed by atoms with Gasteiger partial charge in [0.2, 0.25) is 0 Å². The number of benzene rings is 2. The third kappa shape index (κ3) is 2.20. The summed E-state index contributed by atoms with van der Waals surface area (Å²) in [6, 6.07) is 14.1. The van der Waals surface area contributed by atoms with Gasteiger partial charge in [-0.3, -0.25) is 5.84 Å². The maximum atomic E-state index is 13.9. The molecule has 0 spiro atoms. The van der Waals surface area contributed by atoms with Gasteiger partial charge in [0, 0.05) is 12.0 Å². The van der Waals surface area contributed by atoms with E-state index in [4.69, 9.17) is 10.6 Å². The fourth-order valence-electron chi connectivity index (χ4n) is 2.52. The van der Waals surface area contributed by atoms with E-state index in [1.165, 1.54) is 6.07 Å². The summed E-state index contributed by atoms with van der Waals surface area (Å²) >= 11 is 0. The molecular weight excluding hydrogens is 243 g/mol. The number of hydrogen-bond donors (Lipinski definition) is 2. The molecule has 0 aromatic heterocycles. The molecule has 2 unspecified atom stereocenters. The van der Waals surface area contributed by atoms with Gasteiger partial charge in [-0.1, -0.05) is 36.4 Å². The number of hydrazine groups is 1. The summed E-state index contributed by atoms with van der Waals surface area (Å²) in [6.45, 7) is 0. The largest absolute Gasteiger partial charge is 0.488 e. The van der Waals surface area contributed by atoms with E-state index >= 15 is 0 Å². The molecule has 3 rings (SSSR count). The molecule has 0 amide bonds. The minimum atomic E-state index is -0.367. The van der Waals surface area contributed by atoms with Crippen molar-refractivity contribution in [3.63, 3.8) is 0 Å². The number of ether oxygens (including phenoxy) is 1. The number of para-hydroxylation sites is 1. The zero-order valence-corrected chi connectivity index (χ0v) is 10.3. The van der Waals surface area contributed by atoms with Crippen molar-refractivity contribution >= 4 is 0 Å². The first-order valence-corrected chi connectivity index (χ1v) is 6.24. The molecule has 2 atom stereocenters. The van der Waals surface area contributed by atoms with Gasteiger partial charge in [0.1, 0.15) is 17.7 Å². The predicted molar refractivity (Wildman–Crippen MR) is 71.0 cm³/mol. The summed E-state index contributed by atoms with van der Waals surface area (Å²) < 4.78 is 19.7. The second kappa shape index (κ2) is 4.99. The summed E-state index contributed by atoms with van der Waals surface area (Å²) in [5, 5.41) is 0. The van der Waals surface area contributed by atoms with Crippen LogP contribution in [0.2, 0.25) is 0 Å². The van der Waals surface area contributed by atoms with Gasteiger partial charge in [0.05, 0.1) is 6.04 Å². The lowest BCUT2D eigenvalue weighted by Gasteiger charge is -2.23. The van der Waals surface area contributed by atoms with Crippen LogP contribution in [0.15, 0.2) is 48.5 Å². The van der Waals surface area contributed by atoms with E-state index in [-0.39, 0.29) is 18.0 Å². The highest BCUT2D eigenvalue weighted by Crippen LogP contribution is 2.34. The van der Waals surface area contributed by atoms with Crippen molar-refractivity contribution in [2.24, 2.45) is 5.84 Å². The van der Waals surface area contributed by atoms with Gasteiger partial charge in [-0.25, -0.2) is 9.82 Å². The van der Waals surface area contributed by atoms with E-state index in [0.29, 0.717) is 5.56 Å². The van der Waals surface area contributed by atoms with Crippen molar-refractivity contribution in [2.45, 2.75) is 18.6 Å². The lowest BCUT2D eigenvalue weighted by molar-refractivity contribution is 0.176. The average molecular weight is 258 g/mol. The first kappa shape index (κ1) is 12.1. The van der Waals surface area contributed by atoms with Crippen LogP contribution in [-0.4, -0.2) is 6.10 Å². The maximum Gasteiger partial charge on any atom is 0.128 e. The summed E-state index contributed by atoms with van der Waals surface area (Å²) in [6.07, 6.45) is 0.527. The van der Waals surface area contributed by atoms with Crippen LogP contribution in [0.4, 0.5) is 4.39 Å². The third-order valence-electron chi connectivity index (χ3n) is 3.46. The Labute approximate surface area is 111 Å². The molecule has 0 aliphatic carbocycles. The number of nitrogens with two attached hydrogens (primary N) is 1. The molecule has 0 radical (unpaired) electrons. The zero-order valence-electron chi connectivity index (χ0n) is 10.3. The minimum absolute atomic E-state index is 0.195. The highest BCUT2D eigenvalue weighted by molar-refractivity contribution is 5.38. The molecule has 4 heteroatoms. The monoisotopic (exact) mass is 258 g/mol. The van der Waals surface area contributed by atoms with Gasteiger partial charge in [-0.05, 0) is 17.7 Å². The van der Waals surface area contributed by atoms with Gasteiger partial charge in [-0.15, -0.1) is 0 Å². The second-order valence-electron chi connectivity index (χ2n) is 4.63. The van der Waals surface area contributed by atoms with Crippen molar-refractivity contribution in [3.8, 4) is 5.75 Å². The minimum Gasteiger partial charge on any atom is -0.488 e. The van der Waals surface area contributed by atoms with Crippen molar-refractivity contribution in [1.29, 1.82) is 0 Å². The number of halogens is 1. The Morgan fingerprint density at radius 2 is 1.89 bits per heavy atom. The van der Waals surface area contributed by atoms with Crippen LogP contribution in [0, 0.1) is 5.82 Å². The summed E-state index contributed by atoms with van der Waals surface area (Å²) in [7, 11) is 0. The molecule has 0 bridgehead atoms. The molecule has 19 heavy (non-hydrogen) atoms. The lowest BCUT2D eigenvalue weighted by Crippen LogP contribution is -2.39. The first-order chi connectivity index (χ1) is 9.29. The second-order valence-corrected chi connectivity index (χ2v) is 4.63. The van der Waals surface area contributed by atoms with Crippen LogP contribution in [-0.2, 0) is 6.42 Å². The highest BCUT2D eigenvalue weighted by atomic mass is 19.1. The van der Waals surface area contributed by atoms with Crippen LogP contribution >= 0.6 is 0 Å². The Morgan fingerprint density at radius 1 is 1.16 bits per heavy atom. The Morgan fingerprint density at radius 3 is 2.63 bits per heavy atom. The summed E-state index contributed by atoms with van der Waals surface area (Å²) in [5.41, 5.74) is 4.33. The van der Waals surface area contributed by atoms with E-state index in [1.807, 2.05) is 24.3 Å². The van der Waals surface area contributed by atoms with E-state index in [1.54, 1.807) is 18.2 Å². The van der Waals surface area contributed by atoms with Crippen molar-refractivity contribution in [1.82, 2.24) is 5.43 Å². The quantitative estimate of drug-likeness (QED) is 0.656. The fourth-order valence-corrected chi connectivity index (χ4v) is 2.52. The first-order valence-electron chi connectivity index (χ1n) is 6.24. The Bertz CT molecular complexity index is 563. The van der Waals surface area contributed by atoms with Gasteiger partial charge >= 0.3 is 0 Å². The average Bonchev–Trinajstić information content (AvgIpc) is 2.85. The van der Waals surface area contributed by atoms with Crippen LogP contribution < -0.4 is 16.0 Å². The van der Waals surface area contributed by atoms with Gasteiger partial charge in [0.25, 0.3) is 0 Å². The fraction of sp³-hybridized carbons (Fsp3) is 0.200. The molecule has 0 fully saturated rings. The molecule has 0 saturated heterocycles. The number of nitrogens with one attached hydrogen (secondary N) is 1. The maximum absolute atomic E-state index is 13.9. The zero-order chi connectivity index (χ0) is 13.2. The smallest absolute Gasteiger partial charge is 0.128 e. The summed E-state index contributed by atoms with van der Waals surface area (Å²) in [4.78, 5) is 0. The van der Waals surface area contributed by atoms with Crippen molar-refractivity contribution in [2.75, 3.05) is 0 Å². The van der Waals surface area contributed by atoms with E-state index < -0.39 is 0 Å². The van der Waals surface area contributed by atoms with Crippen LogP contribution in [0.1, 0.15) is 17.2 Å². The Balaban J connectivity index is 1.88. The van der Waals surface area contributed by atoms with Crippen LogP contribution in [0.5, 0.6) is 5.75 Å². The highest BCUT2D eigenvalue weighted by Gasteiger charge is 2.31. The molecule has 0 saturated carbocycles. The van der Waals surface area contributed by atoms with Gasteiger partial charge in [-0.2, -0.15) is 0 Å². The SMILES string of the molecule is NNC(c1ccccc1F)C1Cc2ccccc2O1. The molecule has 1 aliphatic heterocycles. The normalized spacial score (nSPS) is 18.7. The van der Waals surface area contributed by atoms with Gasteiger partial charge < -0.3 is 4.74 Å². The standard InChI is InChI=1S/C15H15FN2O/c16-12-7-3-2-6-11(12)15(18-17)14-9-10-5-1-4-8-13(10)19-14/h1-8,14-15,18H,9,17H2. The van der Waals surface area contributed by atoms with E-state index in [0.717, 1.165) is 17.7 Å². The molecule has 3 N–H and O–H groups in total. The van der Waals surface area contributed by atoms with Crippen LogP contribution in [0.3, 0.4) is 0 Å². The third-order valence-corrected chi connectivity index (χ3v) is 3.46. The lowest BCUT2D eigenvalue weighted by atomic mass is 9.98. The number of fused-ring (bicyclic) bond motifs is 1. The van der Waals surface area contributed by atoms with Crippen LogP contribution in [0.25, 0.3) is 0 Å². The molecule has 1 heterocycles. The number of hydrogen-bond acceptors (Lipinski definition) is 3. The summed E-state index contributed by atoms with van der Waals surface area (Å²) in [5.74, 6) is 6.17. The molecule has 1 aliphatic rings. The van der Waals surface area contributed by atoms with E-state index in [2.05, 4.69) is 5.43 Å². The topological polar surface area (TPSA) is 47.3 Å². The predicted octanol–water partition coefficient (Wildman–Crippen LogP) is 2.33. The number of rotatable bonds is 3.